The quantitative estimate of drug-likeness (QED) is 0.789. The van der Waals surface area contributed by atoms with Gasteiger partial charge in [-0.15, -0.1) is 5.10 Å². The Kier molecular flexibility index (Phi) is 3.96. The number of ether oxygens (including phenoxy) is 1. The van der Waals surface area contributed by atoms with Crippen molar-refractivity contribution in [1.82, 2.24) is 19.9 Å². The molecular weight excluding hydrogens is 327 g/mol. The summed E-state index contributed by atoms with van der Waals surface area (Å²) in [6, 6.07) is 5.97. The third kappa shape index (κ3) is 3.00. The molecule has 1 aromatic carbocycles. The number of halogens is 1. The number of carbonyl (C=O) groups is 1. The minimum atomic E-state index is -0.324. The van der Waals surface area contributed by atoms with Gasteiger partial charge < -0.3 is 14.5 Å². The molecule has 4 rings (SSSR count). The van der Waals surface area contributed by atoms with Gasteiger partial charge >= 0.3 is 5.84 Å². The van der Waals surface area contributed by atoms with Gasteiger partial charge in [0.15, 0.2) is 5.82 Å². The SMILES string of the molecule is Cc1c(C(=O)NC2CCOCC2)oc2nc(-c3ccc(F)cc3)nn12. The maximum Gasteiger partial charge on any atom is 0.325 e. The van der Waals surface area contributed by atoms with Gasteiger partial charge in [0.1, 0.15) is 5.82 Å². The van der Waals surface area contributed by atoms with Crippen molar-refractivity contribution in [3.8, 4) is 11.4 Å². The Morgan fingerprint density at radius 3 is 2.68 bits per heavy atom. The molecule has 1 aliphatic heterocycles. The highest BCUT2D eigenvalue weighted by molar-refractivity contribution is 5.93. The van der Waals surface area contributed by atoms with Crippen molar-refractivity contribution in [2.75, 3.05) is 13.2 Å². The third-order valence-corrected chi connectivity index (χ3v) is 4.28. The molecular formula is C17H17FN4O3. The number of nitrogens with one attached hydrogen (secondary N) is 1. The predicted molar refractivity (Wildman–Crippen MR) is 86.7 cm³/mol. The maximum absolute atomic E-state index is 13.0. The van der Waals surface area contributed by atoms with E-state index in [9.17, 15) is 9.18 Å². The van der Waals surface area contributed by atoms with Crippen LogP contribution in [0.2, 0.25) is 0 Å². The minimum Gasteiger partial charge on any atom is -0.416 e. The van der Waals surface area contributed by atoms with E-state index in [0.29, 0.717) is 30.3 Å². The van der Waals surface area contributed by atoms with Crippen molar-refractivity contribution in [3.05, 3.63) is 41.5 Å². The van der Waals surface area contributed by atoms with E-state index in [2.05, 4.69) is 15.4 Å². The summed E-state index contributed by atoms with van der Waals surface area (Å²) in [6.45, 7) is 3.04. The Morgan fingerprint density at radius 1 is 1.28 bits per heavy atom. The number of oxazole rings is 1. The van der Waals surface area contributed by atoms with Crippen molar-refractivity contribution in [1.29, 1.82) is 0 Å². The zero-order valence-corrected chi connectivity index (χ0v) is 13.7. The van der Waals surface area contributed by atoms with Crippen LogP contribution in [0.25, 0.3) is 17.2 Å². The van der Waals surface area contributed by atoms with Crippen LogP contribution in [0.4, 0.5) is 4.39 Å². The lowest BCUT2D eigenvalue weighted by molar-refractivity contribution is 0.0684. The van der Waals surface area contributed by atoms with Gasteiger partial charge in [-0.25, -0.2) is 4.39 Å². The molecule has 0 spiro atoms. The summed E-state index contributed by atoms with van der Waals surface area (Å²) in [5.41, 5.74) is 1.24. The van der Waals surface area contributed by atoms with Crippen molar-refractivity contribution in [3.63, 3.8) is 0 Å². The van der Waals surface area contributed by atoms with E-state index >= 15 is 0 Å². The second-order valence-electron chi connectivity index (χ2n) is 6.01. The highest BCUT2D eigenvalue weighted by Crippen LogP contribution is 2.21. The van der Waals surface area contributed by atoms with Crippen LogP contribution >= 0.6 is 0 Å². The molecule has 0 bridgehead atoms. The number of benzene rings is 1. The number of hydrogen-bond donors (Lipinski definition) is 1. The van der Waals surface area contributed by atoms with E-state index < -0.39 is 0 Å². The van der Waals surface area contributed by atoms with Crippen molar-refractivity contribution in [2.45, 2.75) is 25.8 Å². The number of hydrogen-bond acceptors (Lipinski definition) is 5. The summed E-state index contributed by atoms with van der Waals surface area (Å²) in [5.74, 6) is 0.245. The Labute approximate surface area is 142 Å². The molecule has 1 amide bonds. The smallest absolute Gasteiger partial charge is 0.325 e. The van der Waals surface area contributed by atoms with E-state index in [-0.39, 0.29) is 29.4 Å². The molecule has 3 aromatic rings. The molecule has 0 atom stereocenters. The largest absolute Gasteiger partial charge is 0.416 e. The average Bonchev–Trinajstić information content (AvgIpc) is 3.16. The number of nitrogens with zero attached hydrogens (tertiary/aromatic N) is 3. The zero-order chi connectivity index (χ0) is 17.4. The highest BCUT2D eigenvalue weighted by Gasteiger charge is 2.24. The summed E-state index contributed by atoms with van der Waals surface area (Å²) in [7, 11) is 0. The molecule has 1 fully saturated rings. The number of fused-ring (bicyclic) bond motifs is 1. The molecule has 1 aliphatic rings. The number of aryl methyl sites for hydroxylation is 1. The van der Waals surface area contributed by atoms with Gasteiger partial charge in [0, 0.05) is 24.8 Å². The van der Waals surface area contributed by atoms with Gasteiger partial charge in [0.05, 0.1) is 5.69 Å². The number of carbonyl (C=O) groups excluding carboxylic acids is 1. The van der Waals surface area contributed by atoms with Gasteiger partial charge in [-0.3, -0.25) is 4.79 Å². The Hall–Kier alpha value is -2.74. The summed E-state index contributed by atoms with van der Waals surface area (Å²) in [6.07, 6.45) is 1.57. The first-order valence-corrected chi connectivity index (χ1v) is 8.12. The van der Waals surface area contributed by atoms with E-state index in [0.717, 1.165) is 12.8 Å². The summed E-state index contributed by atoms with van der Waals surface area (Å²) in [4.78, 5) is 16.7. The fourth-order valence-corrected chi connectivity index (χ4v) is 2.87. The van der Waals surface area contributed by atoms with E-state index in [1.165, 1.54) is 16.6 Å². The second-order valence-corrected chi connectivity index (χ2v) is 6.01. The van der Waals surface area contributed by atoms with Crippen LogP contribution in [0, 0.1) is 12.7 Å². The van der Waals surface area contributed by atoms with Gasteiger partial charge in [-0.05, 0) is 44.0 Å². The van der Waals surface area contributed by atoms with E-state index in [1.807, 2.05) is 0 Å². The second kappa shape index (κ2) is 6.29. The molecule has 3 heterocycles. The summed E-state index contributed by atoms with van der Waals surface area (Å²) >= 11 is 0. The number of rotatable bonds is 3. The van der Waals surface area contributed by atoms with Crippen LogP contribution in [0.5, 0.6) is 0 Å². The molecule has 130 valence electrons. The molecule has 0 aliphatic carbocycles. The van der Waals surface area contributed by atoms with Gasteiger partial charge in [-0.2, -0.15) is 9.50 Å². The Morgan fingerprint density at radius 2 is 2.00 bits per heavy atom. The monoisotopic (exact) mass is 344 g/mol. The standard InChI is InChI=1S/C17H17FN4O3/c1-10-14(16(23)19-13-6-8-24-9-7-13)25-17-20-15(21-22(10)17)11-2-4-12(18)5-3-11/h2-5,13H,6-9H2,1H3,(H,19,23). The molecule has 0 saturated carbocycles. The molecule has 1 N–H and O–H groups in total. The molecule has 2 aromatic heterocycles. The van der Waals surface area contributed by atoms with E-state index in [4.69, 9.17) is 9.15 Å². The lowest BCUT2D eigenvalue weighted by atomic mass is 10.1. The third-order valence-electron chi connectivity index (χ3n) is 4.28. The number of amides is 1. The van der Waals surface area contributed by atoms with Crippen LogP contribution in [-0.4, -0.2) is 39.8 Å². The fraction of sp³-hybridized carbons (Fsp3) is 0.353. The first-order chi connectivity index (χ1) is 12.1. The maximum atomic E-state index is 13.0. The fourth-order valence-electron chi connectivity index (χ4n) is 2.87. The van der Waals surface area contributed by atoms with Crippen molar-refractivity contribution in [2.24, 2.45) is 0 Å². The Bertz CT molecular complexity index is 910. The van der Waals surface area contributed by atoms with Crippen molar-refractivity contribution >= 4 is 11.8 Å². The van der Waals surface area contributed by atoms with E-state index in [1.54, 1.807) is 19.1 Å². The van der Waals surface area contributed by atoms with Crippen LogP contribution in [0.3, 0.4) is 0 Å². The first-order valence-electron chi connectivity index (χ1n) is 8.12. The van der Waals surface area contributed by atoms with Crippen LogP contribution in [-0.2, 0) is 4.74 Å². The van der Waals surface area contributed by atoms with Crippen LogP contribution < -0.4 is 5.32 Å². The minimum absolute atomic E-state index is 0.0841. The Balaban J connectivity index is 1.59. The zero-order valence-electron chi connectivity index (χ0n) is 13.7. The lowest BCUT2D eigenvalue weighted by Gasteiger charge is -2.22. The molecule has 0 radical (unpaired) electrons. The summed E-state index contributed by atoms with van der Waals surface area (Å²) in [5, 5.41) is 7.31. The highest BCUT2D eigenvalue weighted by atomic mass is 19.1. The first kappa shape index (κ1) is 15.8. The molecule has 0 unspecified atom stereocenters. The molecule has 8 heteroatoms. The molecule has 1 saturated heterocycles. The molecule has 25 heavy (non-hydrogen) atoms. The lowest BCUT2D eigenvalue weighted by Crippen LogP contribution is -2.39. The van der Waals surface area contributed by atoms with Crippen LogP contribution in [0.1, 0.15) is 29.1 Å². The normalized spacial score (nSPS) is 15.6. The average molecular weight is 344 g/mol. The van der Waals surface area contributed by atoms with Gasteiger partial charge in [0.25, 0.3) is 5.91 Å². The van der Waals surface area contributed by atoms with Gasteiger partial charge in [-0.1, -0.05) is 0 Å². The van der Waals surface area contributed by atoms with Crippen LogP contribution in [0.15, 0.2) is 28.7 Å². The summed E-state index contributed by atoms with van der Waals surface area (Å²) < 4.78 is 25.4. The van der Waals surface area contributed by atoms with Crippen molar-refractivity contribution < 1.29 is 18.3 Å². The number of aromatic nitrogens is 3. The van der Waals surface area contributed by atoms with Gasteiger partial charge in [0.2, 0.25) is 5.76 Å². The predicted octanol–water partition coefficient (Wildman–Crippen LogP) is 2.35. The molecule has 7 nitrogen and oxygen atoms in total. The topological polar surface area (TPSA) is 81.7 Å².